The van der Waals surface area contributed by atoms with Crippen molar-refractivity contribution >= 4 is 17.0 Å². The molecule has 0 amide bonds. The Kier molecular flexibility index (Phi) is 4.73. The number of benzene rings is 1. The molecule has 136 valence electrons. The Bertz CT molecular complexity index is 900. The molecule has 0 unspecified atom stereocenters. The van der Waals surface area contributed by atoms with Crippen LogP contribution in [0.2, 0.25) is 0 Å². The van der Waals surface area contributed by atoms with Gasteiger partial charge in [-0.05, 0) is 17.7 Å². The predicted octanol–water partition coefficient (Wildman–Crippen LogP) is 1.48. The Balaban J connectivity index is 1.55. The summed E-state index contributed by atoms with van der Waals surface area (Å²) in [6.45, 7) is 5.95. The van der Waals surface area contributed by atoms with Gasteiger partial charge in [-0.2, -0.15) is 0 Å². The summed E-state index contributed by atoms with van der Waals surface area (Å²) in [7, 11) is 1.73. The zero-order chi connectivity index (χ0) is 17.9. The molecule has 1 saturated heterocycles. The van der Waals surface area contributed by atoms with Crippen LogP contribution >= 0.6 is 0 Å². The summed E-state index contributed by atoms with van der Waals surface area (Å²) in [5.74, 6) is 1.21. The number of ether oxygens (including phenoxy) is 1. The normalized spacial score (nSPS) is 15.4. The SMILES string of the molecule is COc1cc(CN2CCNCC2)ccc1Cn1ccc2nc(N)ncc21. The van der Waals surface area contributed by atoms with Crippen molar-refractivity contribution in [3.05, 3.63) is 47.8 Å². The fraction of sp³-hybridized carbons (Fsp3) is 0.368. The van der Waals surface area contributed by atoms with Crippen LogP contribution in [-0.2, 0) is 13.1 Å². The lowest BCUT2D eigenvalue weighted by Crippen LogP contribution is -2.42. The highest BCUT2D eigenvalue weighted by atomic mass is 16.5. The molecule has 3 aromatic rings. The number of piperazine rings is 1. The Morgan fingerprint density at radius 3 is 2.85 bits per heavy atom. The minimum absolute atomic E-state index is 0.296. The molecule has 7 nitrogen and oxygen atoms in total. The van der Waals surface area contributed by atoms with Gasteiger partial charge in [0.05, 0.1) is 30.9 Å². The van der Waals surface area contributed by atoms with E-state index in [-0.39, 0.29) is 0 Å². The van der Waals surface area contributed by atoms with Crippen molar-refractivity contribution in [1.82, 2.24) is 24.8 Å². The van der Waals surface area contributed by atoms with E-state index in [9.17, 15) is 0 Å². The van der Waals surface area contributed by atoms with Crippen molar-refractivity contribution in [2.75, 3.05) is 39.0 Å². The zero-order valence-electron chi connectivity index (χ0n) is 15.0. The van der Waals surface area contributed by atoms with Crippen LogP contribution in [-0.4, -0.2) is 52.7 Å². The zero-order valence-corrected chi connectivity index (χ0v) is 15.0. The molecule has 1 aliphatic heterocycles. The van der Waals surface area contributed by atoms with Crippen LogP contribution in [0.4, 0.5) is 5.95 Å². The first-order valence-corrected chi connectivity index (χ1v) is 8.89. The highest BCUT2D eigenvalue weighted by Gasteiger charge is 2.12. The van der Waals surface area contributed by atoms with Crippen molar-refractivity contribution in [2.45, 2.75) is 13.1 Å². The molecule has 1 fully saturated rings. The highest BCUT2D eigenvalue weighted by molar-refractivity contribution is 5.75. The van der Waals surface area contributed by atoms with E-state index in [1.54, 1.807) is 13.3 Å². The van der Waals surface area contributed by atoms with Gasteiger partial charge >= 0.3 is 0 Å². The average molecular weight is 352 g/mol. The Labute approximate surface area is 152 Å². The van der Waals surface area contributed by atoms with Crippen LogP contribution < -0.4 is 15.8 Å². The standard InChI is InChI=1S/C19H24N6O/c1-26-18-10-14(12-24-8-5-21-6-9-24)2-3-15(18)13-25-7-4-16-17(25)11-22-19(20)23-16/h2-4,7,10-11,21H,5-6,8-9,12-13H2,1H3,(H2,20,22,23). The van der Waals surface area contributed by atoms with Crippen LogP contribution in [0.3, 0.4) is 0 Å². The summed E-state index contributed by atoms with van der Waals surface area (Å²) in [6, 6.07) is 8.45. The monoisotopic (exact) mass is 352 g/mol. The number of nitrogens with zero attached hydrogens (tertiary/aromatic N) is 4. The van der Waals surface area contributed by atoms with Crippen molar-refractivity contribution in [3.63, 3.8) is 0 Å². The summed E-state index contributed by atoms with van der Waals surface area (Å²) in [5, 5.41) is 3.39. The number of methoxy groups -OCH3 is 1. The molecular weight excluding hydrogens is 328 g/mol. The quantitative estimate of drug-likeness (QED) is 0.724. The lowest BCUT2D eigenvalue weighted by molar-refractivity contribution is 0.233. The fourth-order valence-electron chi connectivity index (χ4n) is 3.45. The second-order valence-electron chi connectivity index (χ2n) is 6.61. The molecule has 26 heavy (non-hydrogen) atoms. The average Bonchev–Trinajstić information content (AvgIpc) is 3.05. The molecule has 2 aromatic heterocycles. The van der Waals surface area contributed by atoms with Gasteiger partial charge < -0.3 is 20.4 Å². The molecule has 4 rings (SSSR count). The molecule has 7 heteroatoms. The third-order valence-corrected chi connectivity index (χ3v) is 4.85. The Morgan fingerprint density at radius 1 is 1.19 bits per heavy atom. The number of nitrogens with one attached hydrogen (secondary N) is 1. The van der Waals surface area contributed by atoms with Crippen LogP contribution in [0.1, 0.15) is 11.1 Å². The maximum absolute atomic E-state index is 5.67. The number of hydrogen-bond donors (Lipinski definition) is 2. The maximum atomic E-state index is 5.67. The predicted molar refractivity (Wildman–Crippen MR) is 102 cm³/mol. The second kappa shape index (κ2) is 7.31. The van der Waals surface area contributed by atoms with Crippen LogP contribution in [0.15, 0.2) is 36.7 Å². The molecule has 1 aromatic carbocycles. The molecule has 1 aliphatic rings. The van der Waals surface area contributed by atoms with Crippen molar-refractivity contribution in [2.24, 2.45) is 0 Å². The highest BCUT2D eigenvalue weighted by Crippen LogP contribution is 2.24. The third-order valence-electron chi connectivity index (χ3n) is 4.85. The van der Waals surface area contributed by atoms with Gasteiger partial charge in [-0.1, -0.05) is 12.1 Å². The minimum atomic E-state index is 0.296. The summed E-state index contributed by atoms with van der Waals surface area (Å²) in [4.78, 5) is 10.8. The van der Waals surface area contributed by atoms with E-state index in [1.807, 2.05) is 12.3 Å². The van der Waals surface area contributed by atoms with Gasteiger partial charge in [-0.25, -0.2) is 9.97 Å². The molecule has 3 N–H and O–H groups in total. The van der Waals surface area contributed by atoms with E-state index in [1.165, 1.54) is 5.56 Å². The number of rotatable bonds is 5. The molecular formula is C19H24N6O. The largest absolute Gasteiger partial charge is 0.496 e. The summed E-state index contributed by atoms with van der Waals surface area (Å²) >= 11 is 0. The van der Waals surface area contributed by atoms with Crippen LogP contribution in [0.25, 0.3) is 11.0 Å². The minimum Gasteiger partial charge on any atom is -0.496 e. The molecule has 0 radical (unpaired) electrons. The van der Waals surface area contributed by atoms with E-state index in [4.69, 9.17) is 10.5 Å². The number of anilines is 1. The number of nitrogens with two attached hydrogens (primary N) is 1. The Hall–Kier alpha value is -2.64. The molecule has 0 saturated carbocycles. The van der Waals surface area contributed by atoms with E-state index in [0.29, 0.717) is 12.5 Å². The number of fused-ring (bicyclic) bond motifs is 1. The lowest BCUT2D eigenvalue weighted by atomic mass is 10.1. The van der Waals surface area contributed by atoms with Crippen molar-refractivity contribution in [3.8, 4) is 5.75 Å². The summed E-state index contributed by atoms with van der Waals surface area (Å²) in [5.41, 5.74) is 9.89. The van der Waals surface area contributed by atoms with Gasteiger partial charge in [0, 0.05) is 44.5 Å². The van der Waals surface area contributed by atoms with Crippen molar-refractivity contribution < 1.29 is 4.74 Å². The molecule has 3 heterocycles. The smallest absolute Gasteiger partial charge is 0.220 e. The molecule has 0 aliphatic carbocycles. The summed E-state index contributed by atoms with van der Waals surface area (Å²) < 4.78 is 7.77. The number of nitrogen functional groups attached to an aromatic ring is 1. The van der Waals surface area contributed by atoms with E-state index >= 15 is 0 Å². The van der Waals surface area contributed by atoms with Gasteiger partial charge in [0.25, 0.3) is 0 Å². The van der Waals surface area contributed by atoms with Gasteiger partial charge in [0.2, 0.25) is 5.95 Å². The first kappa shape index (κ1) is 16.8. The molecule has 0 spiro atoms. The first-order valence-electron chi connectivity index (χ1n) is 8.89. The number of aromatic nitrogens is 3. The Morgan fingerprint density at radius 2 is 2.04 bits per heavy atom. The molecule has 0 atom stereocenters. The van der Waals surface area contributed by atoms with Gasteiger partial charge in [-0.15, -0.1) is 0 Å². The second-order valence-corrected chi connectivity index (χ2v) is 6.61. The van der Waals surface area contributed by atoms with E-state index in [0.717, 1.165) is 55.1 Å². The molecule has 0 bridgehead atoms. The van der Waals surface area contributed by atoms with Gasteiger partial charge in [-0.3, -0.25) is 4.90 Å². The summed E-state index contributed by atoms with van der Waals surface area (Å²) in [6.07, 6.45) is 3.77. The number of hydrogen-bond acceptors (Lipinski definition) is 6. The topological polar surface area (TPSA) is 81.2 Å². The van der Waals surface area contributed by atoms with Crippen molar-refractivity contribution in [1.29, 1.82) is 0 Å². The lowest BCUT2D eigenvalue weighted by Gasteiger charge is -2.27. The van der Waals surface area contributed by atoms with Gasteiger partial charge in [0.15, 0.2) is 0 Å². The van der Waals surface area contributed by atoms with Gasteiger partial charge in [0.1, 0.15) is 5.75 Å². The van der Waals surface area contributed by atoms with Crippen LogP contribution in [0.5, 0.6) is 5.75 Å². The fourth-order valence-corrected chi connectivity index (χ4v) is 3.45. The first-order chi connectivity index (χ1) is 12.7. The third kappa shape index (κ3) is 3.49. The van der Waals surface area contributed by atoms with E-state index < -0.39 is 0 Å². The maximum Gasteiger partial charge on any atom is 0.220 e. The van der Waals surface area contributed by atoms with Crippen LogP contribution in [0, 0.1) is 0 Å². The van der Waals surface area contributed by atoms with E-state index in [2.05, 4.69) is 43.0 Å².